The highest BCUT2D eigenvalue weighted by atomic mass is 16.3. The number of phenols is 6. The Kier molecular flexibility index (Phi) is 3.10. The summed E-state index contributed by atoms with van der Waals surface area (Å²) in [6, 6.07) is 2.90. The summed E-state index contributed by atoms with van der Waals surface area (Å²) in [4.78, 5) is 0. The molecular weight excluding hydrogens is 348 g/mol. The van der Waals surface area contributed by atoms with Gasteiger partial charge in [-0.05, 0) is 41.5 Å². The lowest BCUT2D eigenvalue weighted by molar-refractivity contribution is 0.123. The molecule has 0 bridgehead atoms. The maximum atomic E-state index is 10.8. The van der Waals surface area contributed by atoms with Gasteiger partial charge in [0.2, 0.25) is 11.5 Å². The standard InChI is InChI=1S/C21H24O6/c1-19(2)14-10(8-12(23)16(25)18(14)27)21(20(19,3)4)6-5-9-7-11(22)15(24)17(26)13(9)21/h7-8,22-27H,5-6H2,1-4H3. The summed E-state index contributed by atoms with van der Waals surface area (Å²) in [5.74, 6) is -2.71. The van der Waals surface area contributed by atoms with Gasteiger partial charge in [0.25, 0.3) is 0 Å². The van der Waals surface area contributed by atoms with Crippen LogP contribution >= 0.6 is 0 Å². The van der Waals surface area contributed by atoms with Gasteiger partial charge in [-0.15, -0.1) is 0 Å². The van der Waals surface area contributed by atoms with E-state index in [4.69, 9.17) is 0 Å². The first kappa shape index (κ1) is 17.6. The molecule has 0 saturated carbocycles. The van der Waals surface area contributed by atoms with Crippen molar-refractivity contribution in [3.63, 3.8) is 0 Å². The normalized spacial score (nSPS) is 24.1. The Bertz CT molecular complexity index is 1000. The zero-order valence-electron chi connectivity index (χ0n) is 15.8. The third kappa shape index (κ3) is 1.67. The van der Waals surface area contributed by atoms with Gasteiger partial charge < -0.3 is 30.6 Å². The highest BCUT2D eigenvalue weighted by Crippen LogP contribution is 2.72. The predicted molar refractivity (Wildman–Crippen MR) is 98.8 cm³/mol. The van der Waals surface area contributed by atoms with Crippen LogP contribution in [-0.2, 0) is 17.3 Å². The Balaban J connectivity index is 2.20. The van der Waals surface area contributed by atoms with Crippen molar-refractivity contribution in [1.82, 2.24) is 0 Å². The SMILES string of the molecule is CC1(C)c2c(cc(O)c(O)c2O)C2(CCc3cc(O)c(O)c(O)c32)C1(C)C. The Morgan fingerprint density at radius 3 is 1.81 bits per heavy atom. The van der Waals surface area contributed by atoms with Gasteiger partial charge in [0.15, 0.2) is 23.0 Å². The molecule has 27 heavy (non-hydrogen) atoms. The molecule has 0 aromatic heterocycles. The Morgan fingerprint density at radius 1 is 0.704 bits per heavy atom. The van der Waals surface area contributed by atoms with E-state index in [1.807, 2.05) is 27.7 Å². The average molecular weight is 372 g/mol. The van der Waals surface area contributed by atoms with E-state index in [9.17, 15) is 30.6 Å². The molecule has 2 aliphatic carbocycles. The smallest absolute Gasteiger partial charge is 0.200 e. The van der Waals surface area contributed by atoms with E-state index in [2.05, 4.69) is 0 Å². The highest BCUT2D eigenvalue weighted by molar-refractivity contribution is 5.73. The third-order valence-electron chi connectivity index (χ3n) is 7.50. The molecule has 0 radical (unpaired) electrons. The first-order valence-corrected chi connectivity index (χ1v) is 8.95. The molecule has 6 heteroatoms. The summed E-state index contributed by atoms with van der Waals surface area (Å²) in [7, 11) is 0. The van der Waals surface area contributed by atoms with Crippen molar-refractivity contribution in [3.05, 3.63) is 34.4 Å². The van der Waals surface area contributed by atoms with Gasteiger partial charge in [-0.2, -0.15) is 0 Å². The molecule has 2 aromatic carbocycles. The van der Waals surface area contributed by atoms with Crippen LogP contribution < -0.4 is 0 Å². The second kappa shape index (κ2) is 4.74. The Labute approximate surface area is 157 Å². The van der Waals surface area contributed by atoms with Crippen molar-refractivity contribution >= 4 is 0 Å². The Hall–Kier alpha value is -2.76. The molecule has 2 aliphatic rings. The van der Waals surface area contributed by atoms with Crippen molar-refractivity contribution in [3.8, 4) is 34.5 Å². The molecule has 1 spiro atoms. The van der Waals surface area contributed by atoms with Gasteiger partial charge in [0.1, 0.15) is 0 Å². The molecule has 0 heterocycles. The largest absolute Gasteiger partial charge is 0.504 e. The lowest BCUT2D eigenvalue weighted by Crippen LogP contribution is -2.45. The van der Waals surface area contributed by atoms with E-state index in [0.717, 1.165) is 0 Å². The maximum absolute atomic E-state index is 10.8. The number of hydrogen-bond donors (Lipinski definition) is 6. The molecule has 1 atom stereocenters. The fraction of sp³-hybridized carbons (Fsp3) is 0.429. The first-order chi connectivity index (χ1) is 12.4. The van der Waals surface area contributed by atoms with Crippen LogP contribution in [0, 0.1) is 5.41 Å². The van der Waals surface area contributed by atoms with Crippen LogP contribution in [0.25, 0.3) is 0 Å². The van der Waals surface area contributed by atoms with Crippen LogP contribution in [-0.4, -0.2) is 30.6 Å². The van der Waals surface area contributed by atoms with E-state index in [0.29, 0.717) is 35.1 Å². The van der Waals surface area contributed by atoms with Gasteiger partial charge in [-0.1, -0.05) is 27.7 Å². The highest BCUT2D eigenvalue weighted by Gasteiger charge is 2.66. The van der Waals surface area contributed by atoms with Crippen molar-refractivity contribution in [2.24, 2.45) is 5.41 Å². The monoisotopic (exact) mass is 372 g/mol. The fourth-order valence-corrected chi connectivity index (χ4v) is 5.51. The van der Waals surface area contributed by atoms with Crippen molar-refractivity contribution < 1.29 is 30.6 Å². The Morgan fingerprint density at radius 2 is 1.22 bits per heavy atom. The molecule has 6 nitrogen and oxygen atoms in total. The second-order valence-corrected chi connectivity index (χ2v) is 8.80. The van der Waals surface area contributed by atoms with E-state index in [-0.39, 0.29) is 17.2 Å². The quantitative estimate of drug-likeness (QED) is 0.394. The third-order valence-corrected chi connectivity index (χ3v) is 7.50. The molecular formula is C21H24O6. The van der Waals surface area contributed by atoms with Gasteiger partial charge in [0.05, 0.1) is 0 Å². The van der Waals surface area contributed by atoms with Crippen LogP contribution in [0.5, 0.6) is 34.5 Å². The van der Waals surface area contributed by atoms with Crippen molar-refractivity contribution in [2.75, 3.05) is 0 Å². The molecule has 144 valence electrons. The molecule has 0 amide bonds. The van der Waals surface area contributed by atoms with Crippen molar-refractivity contribution in [2.45, 2.75) is 51.4 Å². The molecule has 1 unspecified atom stereocenters. The average Bonchev–Trinajstić information content (AvgIpc) is 3.02. The summed E-state index contributed by atoms with van der Waals surface area (Å²) in [6.07, 6.45) is 1.12. The maximum Gasteiger partial charge on any atom is 0.200 e. The lowest BCUT2D eigenvalue weighted by Gasteiger charge is -2.47. The van der Waals surface area contributed by atoms with Crippen LogP contribution in [0.3, 0.4) is 0 Å². The molecule has 6 N–H and O–H groups in total. The van der Waals surface area contributed by atoms with Gasteiger partial charge >= 0.3 is 0 Å². The van der Waals surface area contributed by atoms with Crippen LogP contribution in [0.1, 0.15) is 56.4 Å². The lowest BCUT2D eigenvalue weighted by atomic mass is 9.55. The van der Waals surface area contributed by atoms with Crippen LogP contribution in [0.4, 0.5) is 0 Å². The number of aryl methyl sites for hydroxylation is 1. The summed E-state index contributed by atoms with van der Waals surface area (Å²) >= 11 is 0. The molecule has 4 rings (SSSR count). The van der Waals surface area contributed by atoms with E-state index < -0.39 is 33.5 Å². The minimum Gasteiger partial charge on any atom is -0.504 e. The van der Waals surface area contributed by atoms with E-state index >= 15 is 0 Å². The molecule has 0 fully saturated rings. The summed E-state index contributed by atoms with van der Waals surface area (Å²) < 4.78 is 0. The number of benzene rings is 2. The summed E-state index contributed by atoms with van der Waals surface area (Å²) in [6.45, 7) is 7.93. The molecule has 0 saturated heterocycles. The summed E-state index contributed by atoms with van der Waals surface area (Å²) in [5.41, 5.74) is 0.336. The predicted octanol–water partition coefficient (Wildman–Crippen LogP) is 3.47. The van der Waals surface area contributed by atoms with Gasteiger partial charge in [-0.25, -0.2) is 0 Å². The van der Waals surface area contributed by atoms with Crippen LogP contribution in [0.2, 0.25) is 0 Å². The summed E-state index contributed by atoms with van der Waals surface area (Å²) in [5, 5.41) is 61.8. The van der Waals surface area contributed by atoms with E-state index in [1.165, 1.54) is 12.1 Å². The first-order valence-electron chi connectivity index (χ1n) is 8.95. The second-order valence-electron chi connectivity index (χ2n) is 8.80. The van der Waals surface area contributed by atoms with Gasteiger partial charge in [0, 0.05) is 22.0 Å². The zero-order valence-corrected chi connectivity index (χ0v) is 15.8. The zero-order chi connectivity index (χ0) is 20.1. The minimum atomic E-state index is -0.820. The molecule has 0 aliphatic heterocycles. The number of hydrogen-bond acceptors (Lipinski definition) is 6. The molecule has 2 aromatic rings. The van der Waals surface area contributed by atoms with Crippen molar-refractivity contribution in [1.29, 1.82) is 0 Å². The fourth-order valence-electron chi connectivity index (χ4n) is 5.51. The van der Waals surface area contributed by atoms with Crippen LogP contribution in [0.15, 0.2) is 12.1 Å². The van der Waals surface area contributed by atoms with E-state index in [1.54, 1.807) is 0 Å². The number of fused-ring (bicyclic) bond motifs is 4. The number of phenolic OH excluding ortho intramolecular Hbond substituents is 6. The number of rotatable bonds is 0. The minimum absolute atomic E-state index is 0.365. The topological polar surface area (TPSA) is 121 Å². The van der Waals surface area contributed by atoms with Gasteiger partial charge in [-0.3, -0.25) is 0 Å². The number of aromatic hydroxyl groups is 6.